The Morgan fingerprint density at radius 3 is 2.29 bits per heavy atom. The Labute approximate surface area is 103 Å². The first-order valence-corrected chi connectivity index (χ1v) is 7.33. The van der Waals surface area contributed by atoms with Crippen LogP contribution in [0.3, 0.4) is 0 Å². The zero-order valence-corrected chi connectivity index (χ0v) is 10.6. The van der Waals surface area contributed by atoms with Gasteiger partial charge in [-0.15, -0.1) is 0 Å². The van der Waals surface area contributed by atoms with Crippen molar-refractivity contribution in [2.75, 3.05) is 2.64 Å². The third kappa shape index (κ3) is 8.51. The van der Waals surface area contributed by atoms with Crippen molar-refractivity contribution in [3.05, 3.63) is 30.3 Å². The van der Waals surface area contributed by atoms with Gasteiger partial charge in [0.25, 0.3) is 0 Å². The molecule has 0 amide bonds. The maximum absolute atomic E-state index is 9.37. The van der Waals surface area contributed by atoms with Gasteiger partial charge >= 0.3 is 80.2 Å². The third-order valence-corrected chi connectivity index (χ3v) is 3.67. The molecule has 3 nitrogen and oxygen atoms in total. The molecule has 1 rings (SSSR count). The van der Waals surface area contributed by atoms with Crippen LogP contribution in [0, 0.1) is 0 Å². The molecule has 0 aliphatic carbocycles. The number of nitrogens with two attached hydrogens (primary N) is 1. The van der Waals surface area contributed by atoms with Gasteiger partial charge in [-0.25, -0.2) is 0 Å². The van der Waals surface area contributed by atoms with E-state index in [2.05, 4.69) is 24.3 Å². The number of carbonyl (C=O) groups is 1. The Hall–Kier alpha value is -0.0903. The van der Waals surface area contributed by atoms with Crippen molar-refractivity contribution >= 4 is 41.5 Å². The summed E-state index contributed by atoms with van der Waals surface area (Å²) in [6.45, 7) is 1.60. The van der Waals surface area contributed by atoms with Gasteiger partial charge in [0.05, 0.1) is 0 Å². The Balaban J connectivity index is 0.000000292. The van der Waals surface area contributed by atoms with E-state index in [0.29, 0.717) is 0 Å². The topological polar surface area (TPSA) is 63.3 Å². The average Bonchev–Trinajstić information content (AvgIpc) is 2.21. The van der Waals surface area contributed by atoms with Crippen LogP contribution in [0.2, 0.25) is 0 Å². The zero-order valence-electron chi connectivity index (χ0n) is 8.44. The van der Waals surface area contributed by atoms with Gasteiger partial charge < -0.3 is 5.11 Å². The SMILES string of the molecule is CCC(=O)O.N[CH2][Ca][c]1ccccc1. The Bertz CT molecular complexity index is 252. The fraction of sp³-hybridized carbons (Fsp3) is 0.300. The summed E-state index contributed by atoms with van der Waals surface area (Å²) in [6.07, 6.45) is 0.222. The van der Waals surface area contributed by atoms with Crippen LogP contribution in [-0.2, 0) is 4.79 Å². The molecule has 0 aliphatic rings. The summed E-state index contributed by atoms with van der Waals surface area (Å²) in [5.74, 6) is -0.745. The molecule has 0 heterocycles. The van der Waals surface area contributed by atoms with E-state index in [1.165, 1.54) is 1.66 Å². The first kappa shape index (κ1) is 13.9. The summed E-state index contributed by atoms with van der Waals surface area (Å²) in [5.41, 5.74) is 5.44. The quantitative estimate of drug-likeness (QED) is 0.727. The van der Waals surface area contributed by atoms with E-state index in [1.807, 2.05) is 6.07 Å². The van der Waals surface area contributed by atoms with Crippen LogP contribution >= 0.6 is 0 Å². The van der Waals surface area contributed by atoms with Crippen molar-refractivity contribution < 1.29 is 9.90 Å². The van der Waals surface area contributed by atoms with Crippen molar-refractivity contribution in [3.63, 3.8) is 0 Å². The molecule has 14 heavy (non-hydrogen) atoms. The number of hydrogen-bond donors (Lipinski definition) is 2. The predicted octanol–water partition coefficient (Wildman–Crippen LogP) is 0.413. The molecule has 3 N–H and O–H groups in total. The summed E-state index contributed by atoms with van der Waals surface area (Å²) in [4.78, 5) is 9.37. The van der Waals surface area contributed by atoms with E-state index in [-0.39, 0.29) is 6.42 Å². The van der Waals surface area contributed by atoms with E-state index < -0.39 is 39.8 Å². The molecule has 0 saturated carbocycles. The number of rotatable bonds is 3. The molecule has 4 heteroatoms. The van der Waals surface area contributed by atoms with Gasteiger partial charge in [0.1, 0.15) is 0 Å². The third-order valence-electron chi connectivity index (χ3n) is 1.58. The van der Waals surface area contributed by atoms with E-state index in [9.17, 15) is 4.79 Å². The minimum absolute atomic E-state index is 0.222. The normalized spacial score (nSPS) is 8.14. The van der Waals surface area contributed by atoms with Crippen LogP contribution in [0.5, 0.6) is 0 Å². The van der Waals surface area contributed by atoms with Gasteiger partial charge in [-0.3, -0.25) is 4.79 Å². The summed E-state index contributed by atoms with van der Waals surface area (Å²) in [6, 6.07) is 10.6. The second kappa shape index (κ2) is 9.46. The molecule has 0 saturated heterocycles. The molecule has 0 unspecified atom stereocenters. The molecular formula is C10H15CaNO2. The Morgan fingerprint density at radius 1 is 1.43 bits per heavy atom. The fourth-order valence-electron chi connectivity index (χ4n) is 0.811. The van der Waals surface area contributed by atoms with Crippen LogP contribution in [0.25, 0.3) is 0 Å². The van der Waals surface area contributed by atoms with E-state index in [1.54, 1.807) is 6.92 Å². The molecule has 0 spiro atoms. The van der Waals surface area contributed by atoms with Crippen molar-refractivity contribution in [1.82, 2.24) is 0 Å². The van der Waals surface area contributed by atoms with Crippen molar-refractivity contribution in [2.45, 2.75) is 13.3 Å². The van der Waals surface area contributed by atoms with Crippen LogP contribution in [0.4, 0.5) is 0 Å². The van der Waals surface area contributed by atoms with E-state index >= 15 is 0 Å². The van der Waals surface area contributed by atoms with Gasteiger partial charge in [0.15, 0.2) is 0 Å². The van der Waals surface area contributed by atoms with Crippen molar-refractivity contribution in [3.8, 4) is 0 Å². The monoisotopic (exact) mass is 221 g/mol. The van der Waals surface area contributed by atoms with Crippen molar-refractivity contribution in [1.29, 1.82) is 0 Å². The average molecular weight is 221 g/mol. The first-order chi connectivity index (χ1) is 6.70. The summed E-state index contributed by atoms with van der Waals surface area (Å²) in [7, 11) is 0. The van der Waals surface area contributed by atoms with E-state index in [0.717, 1.165) is 2.64 Å². The Kier molecular flexibility index (Phi) is 9.40. The Morgan fingerprint density at radius 2 is 1.93 bits per heavy atom. The predicted molar refractivity (Wildman–Crippen MR) is 58.8 cm³/mol. The number of hydrogen-bond acceptors (Lipinski definition) is 2. The summed E-state index contributed by atoms with van der Waals surface area (Å²) in [5, 5.41) is 7.72. The van der Waals surface area contributed by atoms with Crippen LogP contribution < -0.4 is 7.39 Å². The van der Waals surface area contributed by atoms with E-state index in [4.69, 9.17) is 10.8 Å². The number of benzene rings is 1. The van der Waals surface area contributed by atoms with Crippen LogP contribution in [-0.4, -0.2) is 47.6 Å². The maximum atomic E-state index is 9.37. The first-order valence-electron chi connectivity index (χ1n) is 4.66. The minimum atomic E-state index is -0.745. The molecule has 0 aliphatic heterocycles. The number of aliphatic carboxylic acids is 1. The second-order valence-electron chi connectivity index (χ2n) is 2.77. The molecule has 0 fully saturated rings. The van der Waals surface area contributed by atoms with Crippen LogP contribution in [0.1, 0.15) is 13.3 Å². The molecule has 0 aromatic heterocycles. The molecule has 74 valence electrons. The standard InChI is InChI=1S/C6H5.C3H6O2.CH4N.Ca/c1-2-4-6-5-3-1;1-2-3(4)5;1-2;/h1-5H;2H2,1H3,(H,4,5);1-2H2;. The van der Waals surface area contributed by atoms with Gasteiger partial charge in [0.2, 0.25) is 0 Å². The zero-order chi connectivity index (χ0) is 10.8. The molecule has 0 atom stereocenters. The molecule has 1 aromatic carbocycles. The number of carboxylic acids is 1. The molecule has 1 aromatic rings. The van der Waals surface area contributed by atoms with Gasteiger partial charge in [0, 0.05) is 6.42 Å². The summed E-state index contributed by atoms with van der Waals surface area (Å²) < 4.78 is 2.43. The van der Waals surface area contributed by atoms with Gasteiger partial charge in [-0.05, 0) is 0 Å². The number of carboxylic acid groups (broad SMARTS) is 1. The molecular weight excluding hydrogens is 206 g/mol. The van der Waals surface area contributed by atoms with Gasteiger partial charge in [-0.1, -0.05) is 6.92 Å². The molecule has 0 bridgehead atoms. The van der Waals surface area contributed by atoms with Crippen LogP contribution in [0.15, 0.2) is 30.3 Å². The van der Waals surface area contributed by atoms with Crippen molar-refractivity contribution in [2.24, 2.45) is 5.73 Å². The van der Waals surface area contributed by atoms with Gasteiger partial charge in [-0.2, -0.15) is 0 Å². The fourth-order valence-corrected chi connectivity index (χ4v) is 2.28. The molecule has 0 radical (unpaired) electrons. The second-order valence-corrected chi connectivity index (χ2v) is 5.73. The summed E-state index contributed by atoms with van der Waals surface area (Å²) >= 11 is -0.512.